The molecule has 3 N–H and O–H groups in total. The number of rotatable bonds is 3. The predicted molar refractivity (Wildman–Crippen MR) is 68.3 cm³/mol. The van der Waals surface area contributed by atoms with Crippen molar-refractivity contribution in [3.8, 4) is 0 Å². The van der Waals surface area contributed by atoms with Gasteiger partial charge in [-0.3, -0.25) is 4.79 Å². The number of carbonyl (C=O) groups is 1. The minimum atomic E-state index is -0.0516. The van der Waals surface area contributed by atoms with E-state index in [4.69, 9.17) is 17.3 Å². The van der Waals surface area contributed by atoms with Gasteiger partial charge in [-0.25, -0.2) is 0 Å². The molecular weight excluding hydrogens is 224 g/mol. The van der Waals surface area contributed by atoms with Gasteiger partial charge in [-0.1, -0.05) is 29.8 Å². The number of nitrogen functional groups attached to an aromatic ring is 1. The number of anilines is 1. The van der Waals surface area contributed by atoms with E-state index in [1.165, 1.54) is 6.92 Å². The van der Waals surface area contributed by atoms with Crippen molar-refractivity contribution in [2.45, 2.75) is 13.8 Å². The molecule has 0 fully saturated rings. The van der Waals surface area contributed by atoms with E-state index in [2.05, 4.69) is 5.32 Å². The molecule has 1 aromatic carbocycles. The highest BCUT2D eigenvalue weighted by molar-refractivity contribution is 6.33. The highest BCUT2D eigenvalue weighted by Gasteiger charge is 2.02. The molecule has 86 valence electrons. The Morgan fingerprint density at radius 1 is 1.56 bits per heavy atom. The molecule has 0 spiro atoms. The highest BCUT2D eigenvalue weighted by Crippen LogP contribution is 2.26. The lowest BCUT2D eigenvalue weighted by atomic mass is 10.1. The molecule has 0 heterocycles. The van der Waals surface area contributed by atoms with Crippen LogP contribution in [0.2, 0.25) is 5.02 Å². The Kier molecular flexibility index (Phi) is 4.38. The number of benzene rings is 1. The average molecular weight is 239 g/mol. The van der Waals surface area contributed by atoms with Crippen molar-refractivity contribution >= 4 is 29.3 Å². The van der Waals surface area contributed by atoms with Crippen LogP contribution in [-0.2, 0) is 4.79 Å². The Balaban J connectivity index is 2.74. The first-order valence-electron chi connectivity index (χ1n) is 4.98. The number of hydrogen-bond donors (Lipinski definition) is 2. The molecule has 1 rings (SSSR count). The summed E-state index contributed by atoms with van der Waals surface area (Å²) in [5.74, 6) is -0.0516. The maximum absolute atomic E-state index is 10.6. The fourth-order valence-corrected chi connectivity index (χ4v) is 1.47. The summed E-state index contributed by atoms with van der Waals surface area (Å²) in [6, 6.07) is 3.67. The summed E-state index contributed by atoms with van der Waals surface area (Å²) in [5, 5.41) is 3.32. The van der Waals surface area contributed by atoms with E-state index in [0.717, 1.165) is 11.1 Å². The van der Waals surface area contributed by atoms with E-state index >= 15 is 0 Å². The van der Waals surface area contributed by atoms with Crippen molar-refractivity contribution < 1.29 is 4.79 Å². The van der Waals surface area contributed by atoms with Gasteiger partial charge < -0.3 is 11.1 Å². The van der Waals surface area contributed by atoms with Crippen LogP contribution in [0, 0.1) is 6.92 Å². The van der Waals surface area contributed by atoms with Gasteiger partial charge in [0.15, 0.2) is 0 Å². The Hall–Kier alpha value is -1.48. The van der Waals surface area contributed by atoms with E-state index in [-0.39, 0.29) is 5.91 Å². The minimum Gasteiger partial charge on any atom is -0.398 e. The first-order valence-corrected chi connectivity index (χ1v) is 5.35. The molecule has 1 amide bonds. The van der Waals surface area contributed by atoms with Crippen molar-refractivity contribution in [2.75, 3.05) is 12.3 Å². The largest absolute Gasteiger partial charge is 0.398 e. The Bertz CT molecular complexity index is 427. The Morgan fingerprint density at radius 3 is 2.88 bits per heavy atom. The molecule has 0 atom stereocenters. The number of halogens is 1. The number of hydrogen-bond acceptors (Lipinski definition) is 2. The summed E-state index contributed by atoms with van der Waals surface area (Å²) >= 11 is 6.12. The summed E-state index contributed by atoms with van der Waals surface area (Å²) in [6.45, 7) is 3.85. The van der Waals surface area contributed by atoms with Crippen molar-refractivity contribution in [2.24, 2.45) is 0 Å². The van der Waals surface area contributed by atoms with Gasteiger partial charge >= 0.3 is 0 Å². The lowest BCUT2D eigenvalue weighted by Crippen LogP contribution is -2.19. The van der Waals surface area contributed by atoms with Crippen molar-refractivity contribution in [3.63, 3.8) is 0 Å². The quantitative estimate of drug-likeness (QED) is 0.795. The molecule has 4 heteroatoms. The molecule has 3 nitrogen and oxygen atoms in total. The SMILES string of the molecule is CC(=O)NCC=Cc1ccc(N)c(C)c1Cl. The third kappa shape index (κ3) is 3.28. The van der Waals surface area contributed by atoms with Crippen molar-refractivity contribution in [3.05, 3.63) is 34.4 Å². The van der Waals surface area contributed by atoms with Crippen LogP contribution in [0.5, 0.6) is 0 Å². The smallest absolute Gasteiger partial charge is 0.217 e. The zero-order chi connectivity index (χ0) is 12.1. The minimum absolute atomic E-state index is 0.0516. The molecule has 0 aliphatic rings. The summed E-state index contributed by atoms with van der Waals surface area (Å²) in [6.07, 6.45) is 3.71. The summed E-state index contributed by atoms with van der Waals surface area (Å²) < 4.78 is 0. The fraction of sp³-hybridized carbons (Fsp3) is 0.250. The maximum atomic E-state index is 10.6. The van der Waals surface area contributed by atoms with E-state index in [1.54, 1.807) is 0 Å². The standard InChI is InChI=1S/C12H15ClN2O/c1-8-11(14)6-5-10(12(8)13)4-3-7-15-9(2)16/h3-6H,7,14H2,1-2H3,(H,15,16). The first kappa shape index (κ1) is 12.6. The molecule has 0 saturated heterocycles. The molecule has 0 aromatic heterocycles. The van der Waals surface area contributed by atoms with E-state index in [9.17, 15) is 4.79 Å². The summed E-state index contributed by atoms with van der Waals surface area (Å²) in [4.78, 5) is 10.6. The monoisotopic (exact) mass is 238 g/mol. The third-order valence-corrected chi connectivity index (χ3v) is 2.73. The van der Waals surface area contributed by atoms with Crippen molar-refractivity contribution in [1.29, 1.82) is 0 Å². The molecular formula is C12H15ClN2O. The second-order valence-corrected chi connectivity index (χ2v) is 3.90. The Labute approximate surface area is 100 Å². The lowest BCUT2D eigenvalue weighted by molar-refractivity contribution is -0.118. The number of carbonyl (C=O) groups excluding carboxylic acids is 1. The van der Waals surface area contributed by atoms with Crippen LogP contribution in [0.25, 0.3) is 6.08 Å². The van der Waals surface area contributed by atoms with Crippen LogP contribution in [0.3, 0.4) is 0 Å². The molecule has 0 aliphatic heterocycles. The molecule has 16 heavy (non-hydrogen) atoms. The number of amides is 1. The summed E-state index contributed by atoms with van der Waals surface area (Å²) in [7, 11) is 0. The number of nitrogens with one attached hydrogen (secondary N) is 1. The average Bonchev–Trinajstić information content (AvgIpc) is 2.23. The van der Waals surface area contributed by atoms with Crippen LogP contribution in [0.1, 0.15) is 18.1 Å². The second-order valence-electron chi connectivity index (χ2n) is 3.52. The molecule has 1 aromatic rings. The highest BCUT2D eigenvalue weighted by atomic mass is 35.5. The van der Waals surface area contributed by atoms with Gasteiger partial charge in [0.05, 0.1) is 5.02 Å². The van der Waals surface area contributed by atoms with Crippen LogP contribution in [0.15, 0.2) is 18.2 Å². The van der Waals surface area contributed by atoms with E-state index < -0.39 is 0 Å². The lowest BCUT2D eigenvalue weighted by Gasteiger charge is -2.05. The topological polar surface area (TPSA) is 55.1 Å². The van der Waals surface area contributed by atoms with Crippen LogP contribution < -0.4 is 11.1 Å². The molecule has 0 bridgehead atoms. The molecule has 0 unspecified atom stereocenters. The number of nitrogens with two attached hydrogens (primary N) is 1. The van der Waals surface area contributed by atoms with Crippen molar-refractivity contribution in [1.82, 2.24) is 5.32 Å². The van der Waals surface area contributed by atoms with Crippen LogP contribution in [-0.4, -0.2) is 12.5 Å². The normalized spacial score (nSPS) is 10.7. The van der Waals surface area contributed by atoms with Gasteiger partial charge in [-0.15, -0.1) is 0 Å². The summed E-state index contributed by atoms with van der Waals surface area (Å²) in [5.41, 5.74) is 8.18. The maximum Gasteiger partial charge on any atom is 0.217 e. The zero-order valence-electron chi connectivity index (χ0n) is 9.38. The van der Waals surface area contributed by atoms with Gasteiger partial charge in [0.25, 0.3) is 0 Å². The predicted octanol–water partition coefficient (Wildman–Crippen LogP) is 2.38. The van der Waals surface area contributed by atoms with Gasteiger partial charge in [0, 0.05) is 19.2 Å². The van der Waals surface area contributed by atoms with Crippen LogP contribution in [0.4, 0.5) is 5.69 Å². The van der Waals surface area contributed by atoms with Gasteiger partial charge in [-0.2, -0.15) is 0 Å². The third-order valence-electron chi connectivity index (χ3n) is 2.22. The van der Waals surface area contributed by atoms with E-state index in [1.807, 2.05) is 31.2 Å². The van der Waals surface area contributed by atoms with Gasteiger partial charge in [-0.05, 0) is 24.1 Å². The van der Waals surface area contributed by atoms with Gasteiger partial charge in [0.2, 0.25) is 5.91 Å². The molecule has 0 radical (unpaired) electrons. The van der Waals surface area contributed by atoms with E-state index in [0.29, 0.717) is 17.3 Å². The first-order chi connectivity index (χ1) is 7.52. The molecule has 0 saturated carbocycles. The Morgan fingerprint density at radius 2 is 2.25 bits per heavy atom. The fourth-order valence-electron chi connectivity index (χ4n) is 1.24. The molecule has 0 aliphatic carbocycles. The van der Waals surface area contributed by atoms with Crippen LogP contribution >= 0.6 is 11.6 Å². The zero-order valence-corrected chi connectivity index (χ0v) is 10.1. The van der Waals surface area contributed by atoms with Gasteiger partial charge in [0.1, 0.15) is 0 Å². The second kappa shape index (κ2) is 5.56.